The summed E-state index contributed by atoms with van der Waals surface area (Å²) in [5.74, 6) is 0.0263. The van der Waals surface area contributed by atoms with Crippen molar-refractivity contribution >= 4 is 23.6 Å². The number of carbonyl (C=O) groups excluding carboxylic acids is 2. The van der Waals surface area contributed by atoms with Crippen LogP contribution in [-0.2, 0) is 9.59 Å². The average molecular weight is 337 g/mol. The molecule has 0 saturated carbocycles. The predicted octanol–water partition coefficient (Wildman–Crippen LogP) is 2.99. The van der Waals surface area contributed by atoms with E-state index in [2.05, 4.69) is 10.3 Å². The molecule has 25 heavy (non-hydrogen) atoms. The molecular formula is C19H19N3O3. The van der Waals surface area contributed by atoms with Gasteiger partial charge in [0.25, 0.3) is 0 Å². The first-order valence-electron chi connectivity index (χ1n) is 7.95. The second kappa shape index (κ2) is 7.17. The maximum absolute atomic E-state index is 12.6. The molecule has 1 atom stereocenters. The summed E-state index contributed by atoms with van der Waals surface area (Å²) in [6, 6.07) is 10.9. The van der Waals surface area contributed by atoms with E-state index in [-0.39, 0.29) is 24.3 Å². The summed E-state index contributed by atoms with van der Waals surface area (Å²) in [6.07, 6.45) is 5.34. The van der Waals surface area contributed by atoms with Gasteiger partial charge >= 0.3 is 0 Å². The molecular weight excluding hydrogens is 318 g/mol. The second-order valence-electron chi connectivity index (χ2n) is 5.70. The number of anilines is 1. The fourth-order valence-electron chi connectivity index (χ4n) is 2.94. The van der Waals surface area contributed by atoms with Crippen molar-refractivity contribution in [1.29, 1.82) is 0 Å². The molecule has 1 aromatic heterocycles. The molecule has 1 aliphatic heterocycles. The maximum Gasteiger partial charge on any atom is 0.237 e. The average Bonchev–Trinajstić information content (AvgIpc) is 2.62. The summed E-state index contributed by atoms with van der Waals surface area (Å²) in [5.41, 5.74) is 2.47. The topological polar surface area (TPSA) is 71.5 Å². The van der Waals surface area contributed by atoms with Gasteiger partial charge in [0.15, 0.2) is 0 Å². The molecule has 0 spiro atoms. The lowest BCUT2D eigenvalue weighted by Gasteiger charge is -2.32. The molecule has 2 amide bonds. The standard InChI is InChI=1S/C19H19N3O3/c1-13(23)22-11-9-14-6-3-4-7-15(14)17(22)12-18(24)21-16-8-5-10-20-19(16)25-2/h3-11,17H,12H2,1-2H3,(H,21,24)/t17-/m1/s1. The van der Waals surface area contributed by atoms with Crippen molar-refractivity contribution in [3.05, 3.63) is 59.9 Å². The van der Waals surface area contributed by atoms with Crippen LogP contribution in [0.1, 0.15) is 30.5 Å². The normalized spacial score (nSPS) is 15.4. The van der Waals surface area contributed by atoms with Crippen molar-refractivity contribution in [2.24, 2.45) is 0 Å². The smallest absolute Gasteiger partial charge is 0.237 e. The summed E-state index contributed by atoms with van der Waals surface area (Å²) in [7, 11) is 1.50. The van der Waals surface area contributed by atoms with Crippen molar-refractivity contribution < 1.29 is 14.3 Å². The Morgan fingerprint density at radius 3 is 2.80 bits per heavy atom. The molecule has 2 aromatic rings. The van der Waals surface area contributed by atoms with Crippen molar-refractivity contribution in [3.8, 4) is 5.88 Å². The maximum atomic E-state index is 12.6. The number of rotatable bonds is 4. The Morgan fingerprint density at radius 1 is 1.24 bits per heavy atom. The van der Waals surface area contributed by atoms with Crippen LogP contribution >= 0.6 is 0 Å². The highest BCUT2D eigenvalue weighted by molar-refractivity contribution is 5.93. The van der Waals surface area contributed by atoms with E-state index in [1.807, 2.05) is 30.3 Å². The zero-order chi connectivity index (χ0) is 17.8. The number of hydrogen-bond donors (Lipinski definition) is 1. The summed E-state index contributed by atoms with van der Waals surface area (Å²) >= 11 is 0. The Hall–Kier alpha value is -3.15. The molecule has 1 N–H and O–H groups in total. The molecule has 6 heteroatoms. The monoisotopic (exact) mass is 337 g/mol. The van der Waals surface area contributed by atoms with E-state index in [9.17, 15) is 9.59 Å². The molecule has 0 unspecified atom stereocenters. The van der Waals surface area contributed by atoms with Gasteiger partial charge in [0.2, 0.25) is 17.7 Å². The first kappa shape index (κ1) is 16.7. The molecule has 0 aliphatic carbocycles. The molecule has 1 aliphatic rings. The highest BCUT2D eigenvalue weighted by atomic mass is 16.5. The van der Waals surface area contributed by atoms with Gasteiger partial charge in [0, 0.05) is 19.3 Å². The number of nitrogens with one attached hydrogen (secondary N) is 1. The molecule has 3 rings (SSSR count). The minimum Gasteiger partial charge on any atom is -0.480 e. The Bertz CT molecular complexity index is 832. The SMILES string of the molecule is COc1ncccc1NC(=O)C[C@@H]1c2ccccc2C=CN1C(C)=O. The van der Waals surface area contributed by atoms with Gasteiger partial charge in [-0.3, -0.25) is 9.59 Å². The van der Waals surface area contributed by atoms with Crippen LogP contribution < -0.4 is 10.1 Å². The van der Waals surface area contributed by atoms with E-state index < -0.39 is 0 Å². The van der Waals surface area contributed by atoms with Crippen LogP contribution in [-0.4, -0.2) is 28.8 Å². The Morgan fingerprint density at radius 2 is 2.04 bits per heavy atom. The summed E-state index contributed by atoms with van der Waals surface area (Å²) < 4.78 is 5.15. The number of ether oxygens (including phenoxy) is 1. The Labute approximate surface area is 146 Å². The number of pyridine rings is 1. The van der Waals surface area contributed by atoms with Gasteiger partial charge in [0.05, 0.1) is 19.6 Å². The number of carbonyl (C=O) groups is 2. The third kappa shape index (κ3) is 3.52. The van der Waals surface area contributed by atoms with Gasteiger partial charge in [-0.2, -0.15) is 0 Å². The lowest BCUT2D eigenvalue weighted by Crippen LogP contribution is -2.33. The van der Waals surface area contributed by atoms with E-state index >= 15 is 0 Å². The zero-order valence-electron chi connectivity index (χ0n) is 14.1. The summed E-state index contributed by atoms with van der Waals surface area (Å²) in [5, 5.41) is 2.81. The van der Waals surface area contributed by atoms with Crippen LogP contribution in [0.5, 0.6) is 5.88 Å². The van der Waals surface area contributed by atoms with Crippen LogP contribution in [0.15, 0.2) is 48.8 Å². The van der Waals surface area contributed by atoms with Crippen molar-refractivity contribution in [2.75, 3.05) is 12.4 Å². The van der Waals surface area contributed by atoms with Crippen LogP contribution in [0, 0.1) is 0 Å². The first-order chi connectivity index (χ1) is 12.1. The predicted molar refractivity (Wildman–Crippen MR) is 94.8 cm³/mol. The highest BCUT2D eigenvalue weighted by Gasteiger charge is 2.28. The summed E-state index contributed by atoms with van der Waals surface area (Å²) in [4.78, 5) is 30.2. The van der Waals surface area contributed by atoms with Crippen LogP contribution in [0.3, 0.4) is 0 Å². The van der Waals surface area contributed by atoms with Crippen LogP contribution in [0.4, 0.5) is 5.69 Å². The Balaban J connectivity index is 1.83. The number of fused-ring (bicyclic) bond motifs is 1. The van der Waals surface area contributed by atoms with E-state index in [0.29, 0.717) is 11.6 Å². The molecule has 0 fully saturated rings. The first-order valence-corrected chi connectivity index (χ1v) is 7.95. The number of benzene rings is 1. The van der Waals surface area contributed by atoms with Crippen LogP contribution in [0.2, 0.25) is 0 Å². The van der Waals surface area contributed by atoms with E-state index in [0.717, 1.165) is 11.1 Å². The van der Waals surface area contributed by atoms with Gasteiger partial charge in [-0.1, -0.05) is 24.3 Å². The third-order valence-corrected chi connectivity index (χ3v) is 4.09. The van der Waals surface area contributed by atoms with E-state index in [4.69, 9.17) is 4.74 Å². The molecule has 0 bridgehead atoms. The number of hydrogen-bond acceptors (Lipinski definition) is 4. The minimum absolute atomic E-state index is 0.109. The van der Waals surface area contributed by atoms with Crippen molar-refractivity contribution in [2.45, 2.75) is 19.4 Å². The second-order valence-corrected chi connectivity index (χ2v) is 5.70. The molecule has 128 valence electrons. The molecule has 0 saturated heterocycles. The molecule has 2 heterocycles. The number of amides is 2. The highest BCUT2D eigenvalue weighted by Crippen LogP contribution is 2.33. The number of methoxy groups -OCH3 is 1. The number of aromatic nitrogens is 1. The third-order valence-electron chi connectivity index (χ3n) is 4.09. The van der Waals surface area contributed by atoms with Gasteiger partial charge in [-0.05, 0) is 29.3 Å². The lowest BCUT2D eigenvalue weighted by atomic mass is 9.93. The van der Waals surface area contributed by atoms with Gasteiger partial charge in [-0.15, -0.1) is 0 Å². The van der Waals surface area contributed by atoms with Gasteiger partial charge in [-0.25, -0.2) is 4.98 Å². The largest absolute Gasteiger partial charge is 0.480 e. The minimum atomic E-state index is -0.346. The molecule has 0 radical (unpaired) electrons. The number of nitrogens with zero attached hydrogens (tertiary/aromatic N) is 2. The fraction of sp³-hybridized carbons (Fsp3) is 0.211. The molecule has 6 nitrogen and oxygen atoms in total. The van der Waals surface area contributed by atoms with Crippen molar-refractivity contribution in [1.82, 2.24) is 9.88 Å². The molecule has 1 aromatic carbocycles. The van der Waals surface area contributed by atoms with E-state index in [1.165, 1.54) is 14.0 Å². The van der Waals surface area contributed by atoms with E-state index in [1.54, 1.807) is 29.4 Å². The van der Waals surface area contributed by atoms with Gasteiger partial charge in [0.1, 0.15) is 5.69 Å². The van der Waals surface area contributed by atoms with Crippen molar-refractivity contribution in [3.63, 3.8) is 0 Å². The zero-order valence-corrected chi connectivity index (χ0v) is 14.1. The lowest BCUT2D eigenvalue weighted by molar-refractivity contribution is -0.129. The summed E-state index contributed by atoms with van der Waals surface area (Å²) in [6.45, 7) is 1.49. The van der Waals surface area contributed by atoms with Crippen LogP contribution in [0.25, 0.3) is 6.08 Å². The van der Waals surface area contributed by atoms with Gasteiger partial charge < -0.3 is 15.0 Å². The quantitative estimate of drug-likeness (QED) is 0.931. The Kier molecular flexibility index (Phi) is 4.79. The fourth-order valence-corrected chi connectivity index (χ4v) is 2.94.